The van der Waals surface area contributed by atoms with Gasteiger partial charge in [-0.25, -0.2) is 0 Å². The Kier molecular flexibility index (Phi) is 3.66. The first-order valence-corrected chi connectivity index (χ1v) is 6.44. The van der Waals surface area contributed by atoms with Gasteiger partial charge >= 0.3 is 0 Å². The zero-order valence-electron chi connectivity index (χ0n) is 10.7. The minimum absolute atomic E-state index is 0.523. The first-order valence-electron chi connectivity index (χ1n) is 5.67. The lowest BCUT2D eigenvalue weighted by atomic mass is 10.2. The third-order valence-corrected chi connectivity index (χ3v) is 3.11. The molecule has 96 valence electrons. The predicted octanol–water partition coefficient (Wildman–Crippen LogP) is 2.54. The summed E-state index contributed by atoms with van der Waals surface area (Å²) >= 11 is 1.24. The molecule has 0 aliphatic heterocycles. The number of aryl methyl sites for hydroxylation is 1. The van der Waals surface area contributed by atoms with E-state index in [1.165, 1.54) is 11.5 Å². The van der Waals surface area contributed by atoms with E-state index < -0.39 is 0 Å². The number of ether oxygens (including phenoxy) is 1. The van der Waals surface area contributed by atoms with Gasteiger partial charge in [-0.2, -0.15) is 9.36 Å². The van der Waals surface area contributed by atoms with Crippen molar-refractivity contribution in [3.63, 3.8) is 0 Å². The van der Waals surface area contributed by atoms with Crippen LogP contribution in [0, 0.1) is 0 Å². The van der Waals surface area contributed by atoms with Gasteiger partial charge in [0.2, 0.25) is 0 Å². The molecule has 1 aromatic carbocycles. The molecule has 1 heterocycles. The zero-order chi connectivity index (χ0) is 13.1. The van der Waals surface area contributed by atoms with E-state index >= 15 is 0 Å². The quantitative estimate of drug-likeness (QED) is 0.860. The molecule has 0 amide bonds. The SMILES string of the molecule is CCc1nsc(Oc2cc(N(C)C)ccc2N)n1. The van der Waals surface area contributed by atoms with E-state index in [0.717, 1.165) is 17.9 Å². The summed E-state index contributed by atoms with van der Waals surface area (Å²) in [7, 11) is 3.94. The Labute approximate surface area is 110 Å². The van der Waals surface area contributed by atoms with Crippen LogP contribution in [0.25, 0.3) is 0 Å². The molecule has 0 unspecified atom stereocenters. The van der Waals surface area contributed by atoms with Gasteiger partial charge in [-0.1, -0.05) is 6.92 Å². The van der Waals surface area contributed by atoms with Crippen molar-refractivity contribution in [3.05, 3.63) is 24.0 Å². The first kappa shape index (κ1) is 12.6. The van der Waals surface area contributed by atoms with Crippen LogP contribution in [0.1, 0.15) is 12.7 Å². The molecule has 0 fully saturated rings. The Morgan fingerprint density at radius 3 is 2.78 bits per heavy atom. The van der Waals surface area contributed by atoms with Gasteiger partial charge in [0.15, 0.2) is 5.75 Å². The van der Waals surface area contributed by atoms with Gasteiger partial charge in [-0.3, -0.25) is 0 Å². The molecule has 18 heavy (non-hydrogen) atoms. The average Bonchev–Trinajstić information content (AvgIpc) is 2.79. The van der Waals surface area contributed by atoms with E-state index in [4.69, 9.17) is 10.5 Å². The molecule has 5 nitrogen and oxygen atoms in total. The Bertz CT molecular complexity index is 539. The van der Waals surface area contributed by atoms with Gasteiger partial charge in [0.25, 0.3) is 5.19 Å². The number of nitrogens with two attached hydrogens (primary N) is 1. The number of aromatic nitrogens is 2. The topological polar surface area (TPSA) is 64.3 Å². The van der Waals surface area contributed by atoms with Gasteiger partial charge in [0, 0.05) is 43.8 Å². The van der Waals surface area contributed by atoms with Crippen LogP contribution in [0.4, 0.5) is 11.4 Å². The second-order valence-electron chi connectivity index (χ2n) is 4.05. The van der Waals surface area contributed by atoms with Crippen molar-refractivity contribution in [2.45, 2.75) is 13.3 Å². The lowest BCUT2D eigenvalue weighted by Gasteiger charge is -2.14. The number of anilines is 2. The first-order chi connectivity index (χ1) is 8.60. The highest BCUT2D eigenvalue weighted by Gasteiger charge is 2.09. The number of nitrogens with zero attached hydrogens (tertiary/aromatic N) is 3. The summed E-state index contributed by atoms with van der Waals surface area (Å²) in [6.07, 6.45) is 0.799. The van der Waals surface area contributed by atoms with Crippen molar-refractivity contribution in [3.8, 4) is 10.9 Å². The summed E-state index contributed by atoms with van der Waals surface area (Å²) in [5.74, 6) is 1.40. The molecule has 6 heteroatoms. The second-order valence-corrected chi connectivity index (χ2v) is 4.76. The van der Waals surface area contributed by atoms with Gasteiger partial charge in [-0.15, -0.1) is 0 Å². The van der Waals surface area contributed by atoms with Gasteiger partial charge in [-0.05, 0) is 12.1 Å². The van der Waals surface area contributed by atoms with E-state index in [-0.39, 0.29) is 0 Å². The number of benzene rings is 1. The third kappa shape index (κ3) is 2.70. The smallest absolute Gasteiger partial charge is 0.298 e. The maximum Gasteiger partial charge on any atom is 0.298 e. The molecule has 2 aromatic rings. The van der Waals surface area contributed by atoms with Crippen LogP contribution >= 0.6 is 11.5 Å². The van der Waals surface area contributed by atoms with E-state index in [2.05, 4.69) is 9.36 Å². The van der Waals surface area contributed by atoms with E-state index in [1.807, 2.05) is 44.1 Å². The van der Waals surface area contributed by atoms with Crippen molar-refractivity contribution in [2.24, 2.45) is 0 Å². The minimum atomic E-state index is 0.523. The number of hydrogen-bond donors (Lipinski definition) is 1. The molecule has 0 atom stereocenters. The summed E-state index contributed by atoms with van der Waals surface area (Å²) in [6.45, 7) is 2.01. The lowest BCUT2D eigenvalue weighted by molar-refractivity contribution is 0.479. The second kappa shape index (κ2) is 5.22. The molecule has 0 saturated heterocycles. The van der Waals surface area contributed by atoms with Crippen molar-refractivity contribution in [2.75, 3.05) is 24.7 Å². The summed E-state index contributed by atoms with van der Waals surface area (Å²) in [5, 5.41) is 0.523. The highest BCUT2D eigenvalue weighted by molar-refractivity contribution is 7.07. The molecule has 0 aliphatic carbocycles. The third-order valence-electron chi connectivity index (χ3n) is 2.48. The predicted molar refractivity (Wildman–Crippen MR) is 74.5 cm³/mol. The van der Waals surface area contributed by atoms with Crippen LogP contribution in [-0.4, -0.2) is 23.5 Å². The molecule has 2 N–H and O–H groups in total. The summed E-state index contributed by atoms with van der Waals surface area (Å²) in [4.78, 5) is 6.25. The molecule has 2 rings (SSSR count). The molecule has 0 aliphatic rings. The van der Waals surface area contributed by atoms with E-state index in [1.54, 1.807) is 0 Å². The van der Waals surface area contributed by atoms with Crippen LogP contribution in [0.5, 0.6) is 10.9 Å². The van der Waals surface area contributed by atoms with Crippen molar-refractivity contribution in [1.82, 2.24) is 9.36 Å². The van der Waals surface area contributed by atoms with Crippen molar-refractivity contribution < 1.29 is 4.74 Å². The summed E-state index contributed by atoms with van der Waals surface area (Å²) in [6, 6.07) is 5.66. The lowest BCUT2D eigenvalue weighted by Crippen LogP contribution is -2.08. The van der Waals surface area contributed by atoms with Crippen molar-refractivity contribution in [1.29, 1.82) is 0 Å². The number of hydrogen-bond acceptors (Lipinski definition) is 6. The molecule has 0 saturated carbocycles. The standard InChI is InChI=1S/C12H16N4OS/c1-4-11-14-12(18-15-11)17-10-7-8(16(2)3)5-6-9(10)13/h5-7H,4,13H2,1-3H3. The zero-order valence-corrected chi connectivity index (χ0v) is 11.5. The van der Waals surface area contributed by atoms with E-state index in [0.29, 0.717) is 16.6 Å². The maximum absolute atomic E-state index is 5.89. The molecule has 0 spiro atoms. The monoisotopic (exact) mass is 264 g/mol. The highest BCUT2D eigenvalue weighted by Crippen LogP contribution is 2.31. The largest absolute Gasteiger partial charge is 0.428 e. The molecule has 0 bridgehead atoms. The minimum Gasteiger partial charge on any atom is -0.428 e. The normalized spacial score (nSPS) is 10.4. The Morgan fingerprint density at radius 2 is 2.17 bits per heavy atom. The molecular weight excluding hydrogens is 248 g/mol. The summed E-state index contributed by atoms with van der Waals surface area (Å²) in [5.41, 5.74) is 7.51. The fraction of sp³-hybridized carbons (Fsp3) is 0.333. The molecular formula is C12H16N4OS. The number of nitrogen functional groups attached to an aromatic ring is 1. The molecule has 0 radical (unpaired) electrons. The fourth-order valence-electron chi connectivity index (χ4n) is 1.41. The van der Waals surface area contributed by atoms with Gasteiger partial charge in [0.05, 0.1) is 5.69 Å². The Balaban J connectivity index is 2.24. The Morgan fingerprint density at radius 1 is 1.39 bits per heavy atom. The Hall–Kier alpha value is -1.82. The van der Waals surface area contributed by atoms with Gasteiger partial charge in [0.1, 0.15) is 5.82 Å². The maximum atomic E-state index is 5.89. The van der Waals surface area contributed by atoms with Crippen LogP contribution in [0.3, 0.4) is 0 Å². The summed E-state index contributed by atoms with van der Waals surface area (Å²) < 4.78 is 9.85. The molecule has 1 aromatic heterocycles. The number of rotatable bonds is 4. The fourth-order valence-corrected chi connectivity index (χ4v) is 2.03. The van der Waals surface area contributed by atoms with Crippen LogP contribution in [0.2, 0.25) is 0 Å². The van der Waals surface area contributed by atoms with E-state index in [9.17, 15) is 0 Å². The van der Waals surface area contributed by atoms with Crippen molar-refractivity contribution >= 4 is 22.9 Å². The van der Waals surface area contributed by atoms with Crippen LogP contribution in [-0.2, 0) is 6.42 Å². The highest BCUT2D eigenvalue weighted by atomic mass is 32.1. The van der Waals surface area contributed by atoms with Crippen LogP contribution in [0.15, 0.2) is 18.2 Å². The van der Waals surface area contributed by atoms with Gasteiger partial charge < -0.3 is 15.4 Å². The van der Waals surface area contributed by atoms with Crippen LogP contribution < -0.4 is 15.4 Å². The average molecular weight is 264 g/mol.